The fourth-order valence-electron chi connectivity index (χ4n) is 2.38. The number of piperazine rings is 1. The van der Waals surface area contributed by atoms with Crippen LogP contribution >= 0.6 is 0 Å². The van der Waals surface area contributed by atoms with Gasteiger partial charge >= 0.3 is 5.97 Å². The first-order valence-electron chi connectivity index (χ1n) is 7.01. The summed E-state index contributed by atoms with van der Waals surface area (Å²) in [4.78, 5) is 16.7. The van der Waals surface area contributed by atoms with Crippen LogP contribution in [-0.2, 0) is 4.74 Å². The van der Waals surface area contributed by atoms with Crippen molar-refractivity contribution >= 4 is 11.7 Å². The van der Waals surface area contributed by atoms with E-state index in [-0.39, 0.29) is 5.97 Å². The first-order chi connectivity index (χ1) is 9.58. The maximum Gasteiger partial charge on any atom is 0.340 e. The van der Waals surface area contributed by atoms with Crippen LogP contribution in [0.3, 0.4) is 0 Å². The zero-order valence-electron chi connectivity index (χ0n) is 12.3. The number of ether oxygens (including phenoxy) is 1. The van der Waals surface area contributed by atoms with Gasteiger partial charge in [0, 0.05) is 38.4 Å². The molecule has 1 aliphatic rings. The highest BCUT2D eigenvalue weighted by molar-refractivity contribution is 5.96. The Morgan fingerprint density at radius 3 is 2.65 bits per heavy atom. The molecule has 5 nitrogen and oxygen atoms in total. The van der Waals surface area contributed by atoms with Crippen LogP contribution in [0.1, 0.15) is 15.9 Å². The number of nitrogens with two attached hydrogens (primary N) is 1. The van der Waals surface area contributed by atoms with Crippen LogP contribution in [0.15, 0.2) is 18.2 Å². The third-order valence-corrected chi connectivity index (χ3v) is 3.75. The zero-order chi connectivity index (χ0) is 14.5. The first kappa shape index (κ1) is 14.8. The van der Waals surface area contributed by atoms with E-state index in [0.717, 1.165) is 38.3 Å². The average Bonchev–Trinajstić information content (AvgIpc) is 2.41. The average molecular weight is 277 g/mol. The SMILES string of the molecule is Cc1cccc(N)c1C(=O)OCCN1CCN(C)CC1. The summed E-state index contributed by atoms with van der Waals surface area (Å²) in [5, 5.41) is 0. The lowest BCUT2D eigenvalue weighted by molar-refractivity contribution is 0.0433. The number of nitrogen functional groups attached to an aromatic ring is 1. The molecule has 2 rings (SSSR count). The van der Waals surface area contributed by atoms with Gasteiger partial charge in [-0.1, -0.05) is 12.1 Å². The number of benzene rings is 1. The number of likely N-dealkylation sites (N-methyl/N-ethyl adjacent to an activating group) is 1. The minimum Gasteiger partial charge on any atom is -0.461 e. The third kappa shape index (κ3) is 3.71. The van der Waals surface area contributed by atoms with Crippen molar-refractivity contribution in [2.75, 3.05) is 52.1 Å². The predicted molar refractivity (Wildman–Crippen MR) is 79.8 cm³/mol. The molecule has 1 saturated heterocycles. The largest absolute Gasteiger partial charge is 0.461 e. The summed E-state index contributed by atoms with van der Waals surface area (Å²) in [7, 11) is 2.12. The molecule has 0 amide bonds. The molecule has 0 atom stereocenters. The van der Waals surface area contributed by atoms with E-state index in [1.165, 1.54) is 0 Å². The van der Waals surface area contributed by atoms with Gasteiger partial charge in [-0.15, -0.1) is 0 Å². The van der Waals surface area contributed by atoms with E-state index >= 15 is 0 Å². The summed E-state index contributed by atoms with van der Waals surface area (Å²) in [6.07, 6.45) is 0. The van der Waals surface area contributed by atoms with Crippen molar-refractivity contribution in [3.05, 3.63) is 29.3 Å². The van der Waals surface area contributed by atoms with E-state index < -0.39 is 0 Å². The Morgan fingerprint density at radius 1 is 1.30 bits per heavy atom. The molecule has 0 aromatic heterocycles. The Kier molecular flexibility index (Phi) is 4.98. The van der Waals surface area contributed by atoms with Crippen LogP contribution in [0.25, 0.3) is 0 Å². The second kappa shape index (κ2) is 6.72. The molecule has 1 aromatic carbocycles. The minimum absolute atomic E-state index is 0.324. The van der Waals surface area contributed by atoms with Crippen molar-refractivity contribution in [3.8, 4) is 0 Å². The molecule has 110 valence electrons. The van der Waals surface area contributed by atoms with Crippen LogP contribution in [-0.4, -0.2) is 62.1 Å². The smallest absolute Gasteiger partial charge is 0.340 e. The van der Waals surface area contributed by atoms with Crippen LogP contribution in [0.5, 0.6) is 0 Å². The van der Waals surface area contributed by atoms with Gasteiger partial charge in [0.05, 0.1) is 5.56 Å². The molecule has 1 fully saturated rings. The van der Waals surface area contributed by atoms with E-state index in [4.69, 9.17) is 10.5 Å². The number of anilines is 1. The highest BCUT2D eigenvalue weighted by atomic mass is 16.5. The molecule has 1 heterocycles. The van der Waals surface area contributed by atoms with Crippen LogP contribution in [0.4, 0.5) is 5.69 Å². The van der Waals surface area contributed by atoms with Gasteiger partial charge in [-0.3, -0.25) is 4.90 Å². The summed E-state index contributed by atoms with van der Waals surface area (Å²) in [6.45, 7) is 7.26. The Bertz CT molecular complexity index is 448. The van der Waals surface area contributed by atoms with Gasteiger partial charge in [0.2, 0.25) is 0 Å². The molecule has 1 aromatic rings. The number of carbonyl (C=O) groups excluding carboxylic acids is 1. The molecular formula is C15H23N3O2. The lowest BCUT2D eigenvalue weighted by Gasteiger charge is -2.32. The van der Waals surface area contributed by atoms with Crippen molar-refractivity contribution in [1.82, 2.24) is 9.80 Å². The molecule has 0 radical (unpaired) electrons. The Morgan fingerprint density at radius 2 is 2.00 bits per heavy atom. The number of rotatable bonds is 4. The Hall–Kier alpha value is -1.59. The molecule has 0 saturated carbocycles. The molecule has 1 aliphatic heterocycles. The molecule has 0 bridgehead atoms. The molecule has 0 aliphatic carbocycles. The highest BCUT2D eigenvalue weighted by Crippen LogP contribution is 2.17. The third-order valence-electron chi connectivity index (χ3n) is 3.75. The Balaban J connectivity index is 1.81. The van der Waals surface area contributed by atoms with Gasteiger partial charge in [-0.05, 0) is 25.6 Å². The normalized spacial score (nSPS) is 17.1. The van der Waals surface area contributed by atoms with E-state index in [1.807, 2.05) is 19.1 Å². The summed E-state index contributed by atoms with van der Waals surface area (Å²) in [5.41, 5.74) is 7.66. The lowest BCUT2D eigenvalue weighted by Crippen LogP contribution is -2.45. The molecule has 0 spiro atoms. The number of nitrogens with zero attached hydrogens (tertiary/aromatic N) is 2. The second-order valence-electron chi connectivity index (χ2n) is 5.32. The number of esters is 1. The molecule has 0 unspecified atom stereocenters. The maximum absolute atomic E-state index is 12.1. The van der Waals surface area contributed by atoms with Crippen LogP contribution in [0, 0.1) is 6.92 Å². The quantitative estimate of drug-likeness (QED) is 0.657. The van der Waals surface area contributed by atoms with Gasteiger partial charge in [0.15, 0.2) is 0 Å². The fraction of sp³-hybridized carbons (Fsp3) is 0.533. The monoisotopic (exact) mass is 277 g/mol. The van der Waals surface area contributed by atoms with E-state index in [0.29, 0.717) is 17.9 Å². The molecule has 20 heavy (non-hydrogen) atoms. The van der Waals surface area contributed by atoms with Crippen molar-refractivity contribution in [2.45, 2.75) is 6.92 Å². The van der Waals surface area contributed by atoms with Gasteiger partial charge in [-0.2, -0.15) is 0 Å². The van der Waals surface area contributed by atoms with Crippen LogP contribution < -0.4 is 5.73 Å². The minimum atomic E-state index is -0.324. The topological polar surface area (TPSA) is 58.8 Å². The van der Waals surface area contributed by atoms with E-state index in [2.05, 4.69) is 16.8 Å². The van der Waals surface area contributed by atoms with Gasteiger partial charge in [0.1, 0.15) is 6.61 Å². The van der Waals surface area contributed by atoms with Crippen LogP contribution in [0.2, 0.25) is 0 Å². The maximum atomic E-state index is 12.1. The number of aryl methyl sites for hydroxylation is 1. The van der Waals surface area contributed by atoms with Crippen molar-refractivity contribution in [1.29, 1.82) is 0 Å². The number of hydrogen-bond donors (Lipinski definition) is 1. The van der Waals surface area contributed by atoms with Gasteiger partial charge < -0.3 is 15.4 Å². The van der Waals surface area contributed by atoms with Crippen molar-refractivity contribution in [2.24, 2.45) is 0 Å². The fourth-order valence-corrected chi connectivity index (χ4v) is 2.38. The summed E-state index contributed by atoms with van der Waals surface area (Å²) in [6, 6.07) is 5.43. The van der Waals surface area contributed by atoms with E-state index in [1.54, 1.807) is 6.07 Å². The van der Waals surface area contributed by atoms with E-state index in [9.17, 15) is 4.79 Å². The number of hydrogen-bond acceptors (Lipinski definition) is 5. The highest BCUT2D eigenvalue weighted by Gasteiger charge is 2.16. The van der Waals surface area contributed by atoms with Gasteiger partial charge in [0.25, 0.3) is 0 Å². The van der Waals surface area contributed by atoms with Crippen molar-refractivity contribution < 1.29 is 9.53 Å². The first-order valence-corrected chi connectivity index (χ1v) is 7.01. The molecule has 5 heteroatoms. The van der Waals surface area contributed by atoms with Gasteiger partial charge in [-0.25, -0.2) is 4.79 Å². The number of carbonyl (C=O) groups is 1. The molecular weight excluding hydrogens is 254 g/mol. The summed E-state index contributed by atoms with van der Waals surface area (Å²) >= 11 is 0. The summed E-state index contributed by atoms with van der Waals surface area (Å²) < 4.78 is 5.35. The molecule has 2 N–H and O–H groups in total. The zero-order valence-corrected chi connectivity index (χ0v) is 12.3. The standard InChI is InChI=1S/C15H23N3O2/c1-12-4-3-5-13(16)14(12)15(19)20-11-10-18-8-6-17(2)7-9-18/h3-5H,6-11,16H2,1-2H3. The summed E-state index contributed by atoms with van der Waals surface area (Å²) in [5.74, 6) is -0.324. The second-order valence-corrected chi connectivity index (χ2v) is 5.32. The Labute approximate surface area is 120 Å². The lowest BCUT2D eigenvalue weighted by atomic mass is 10.1. The predicted octanol–water partition coefficient (Wildman–Crippen LogP) is 0.981. The van der Waals surface area contributed by atoms with Crippen molar-refractivity contribution in [3.63, 3.8) is 0 Å².